The van der Waals surface area contributed by atoms with Crippen LogP contribution in [0.3, 0.4) is 0 Å². The number of nitrogens with one attached hydrogen (secondary N) is 1. The first-order chi connectivity index (χ1) is 6.27. The Kier molecular flexibility index (Phi) is 2.20. The number of thiazole rings is 1. The molecule has 0 aliphatic heterocycles. The van der Waals surface area contributed by atoms with E-state index in [1.54, 1.807) is 4.57 Å². The Morgan fingerprint density at radius 1 is 1.23 bits per heavy atom. The maximum absolute atomic E-state index is 7.59. The van der Waals surface area contributed by atoms with Crippen LogP contribution in [0.4, 0.5) is 0 Å². The van der Waals surface area contributed by atoms with Crippen molar-refractivity contribution in [3.8, 4) is 5.69 Å². The highest BCUT2D eigenvalue weighted by atomic mass is 35.5. The fourth-order valence-corrected chi connectivity index (χ4v) is 1.80. The Hall–Kier alpha value is -1.06. The molecule has 0 aliphatic carbocycles. The minimum Gasteiger partial charge on any atom is -0.293 e. The van der Waals surface area contributed by atoms with E-state index in [9.17, 15) is 0 Å². The standard InChI is InChI=1S/C9H7ClN2S/c10-7-1-3-8(4-2-7)12-5-6-13-9(12)11/h1-6,11H. The first-order valence-electron chi connectivity index (χ1n) is 3.74. The highest BCUT2D eigenvalue weighted by Gasteiger charge is 1.96. The molecule has 0 atom stereocenters. The van der Waals surface area contributed by atoms with E-state index in [1.165, 1.54) is 11.3 Å². The van der Waals surface area contributed by atoms with Crippen molar-refractivity contribution in [2.75, 3.05) is 0 Å². The second-order valence-corrected chi connectivity index (χ2v) is 3.89. The van der Waals surface area contributed by atoms with Crippen LogP contribution in [0.25, 0.3) is 5.69 Å². The molecule has 1 aromatic carbocycles. The van der Waals surface area contributed by atoms with Crippen LogP contribution in [0, 0.1) is 5.41 Å². The van der Waals surface area contributed by atoms with Crippen LogP contribution in [0.15, 0.2) is 35.8 Å². The summed E-state index contributed by atoms with van der Waals surface area (Å²) >= 11 is 7.16. The summed E-state index contributed by atoms with van der Waals surface area (Å²) in [7, 11) is 0. The normalized spacial score (nSPS) is 10.2. The molecule has 0 unspecified atom stereocenters. The number of hydrogen-bond donors (Lipinski definition) is 1. The fraction of sp³-hybridized carbons (Fsp3) is 0. The summed E-state index contributed by atoms with van der Waals surface area (Å²) in [6.07, 6.45) is 1.87. The molecule has 0 amide bonds. The number of benzene rings is 1. The third kappa shape index (κ3) is 1.66. The average molecular weight is 211 g/mol. The Balaban J connectivity index is 2.54. The van der Waals surface area contributed by atoms with Crippen molar-refractivity contribution >= 4 is 22.9 Å². The molecular formula is C9H7ClN2S. The zero-order chi connectivity index (χ0) is 9.26. The van der Waals surface area contributed by atoms with Crippen molar-refractivity contribution in [3.63, 3.8) is 0 Å². The van der Waals surface area contributed by atoms with Crippen LogP contribution < -0.4 is 4.80 Å². The van der Waals surface area contributed by atoms with Gasteiger partial charge in [-0.15, -0.1) is 11.3 Å². The third-order valence-electron chi connectivity index (χ3n) is 1.71. The molecule has 0 bridgehead atoms. The molecule has 0 aliphatic rings. The summed E-state index contributed by atoms with van der Waals surface area (Å²) in [5, 5.41) is 10.2. The van der Waals surface area contributed by atoms with Crippen LogP contribution in [0.1, 0.15) is 0 Å². The Morgan fingerprint density at radius 3 is 2.46 bits per heavy atom. The first kappa shape index (κ1) is 8.53. The van der Waals surface area contributed by atoms with Gasteiger partial charge in [0.05, 0.1) is 0 Å². The van der Waals surface area contributed by atoms with Gasteiger partial charge in [-0.3, -0.25) is 9.98 Å². The van der Waals surface area contributed by atoms with Gasteiger partial charge in [0.1, 0.15) is 0 Å². The maximum atomic E-state index is 7.59. The van der Waals surface area contributed by atoms with E-state index in [2.05, 4.69) is 0 Å². The number of rotatable bonds is 1. The number of halogens is 1. The van der Waals surface area contributed by atoms with Gasteiger partial charge in [-0.05, 0) is 24.3 Å². The molecule has 0 saturated carbocycles. The Morgan fingerprint density at radius 2 is 1.92 bits per heavy atom. The molecule has 0 radical (unpaired) electrons. The second-order valence-electron chi connectivity index (χ2n) is 2.55. The molecular weight excluding hydrogens is 204 g/mol. The largest absolute Gasteiger partial charge is 0.293 e. The third-order valence-corrected chi connectivity index (χ3v) is 2.64. The predicted octanol–water partition coefficient (Wildman–Crippen LogP) is 2.67. The monoisotopic (exact) mass is 210 g/mol. The lowest BCUT2D eigenvalue weighted by Crippen LogP contribution is -2.08. The fourth-order valence-electron chi connectivity index (χ4n) is 1.09. The van der Waals surface area contributed by atoms with E-state index in [0.717, 1.165) is 5.69 Å². The highest BCUT2D eigenvalue weighted by molar-refractivity contribution is 7.07. The van der Waals surface area contributed by atoms with Gasteiger partial charge in [0.25, 0.3) is 0 Å². The molecule has 4 heteroatoms. The van der Waals surface area contributed by atoms with Gasteiger partial charge in [-0.1, -0.05) is 11.6 Å². The zero-order valence-corrected chi connectivity index (χ0v) is 8.27. The van der Waals surface area contributed by atoms with Gasteiger partial charge in [-0.25, -0.2) is 0 Å². The van der Waals surface area contributed by atoms with Crippen molar-refractivity contribution in [1.29, 1.82) is 5.41 Å². The van der Waals surface area contributed by atoms with Crippen molar-refractivity contribution < 1.29 is 0 Å². The SMILES string of the molecule is N=c1sccn1-c1ccc(Cl)cc1. The summed E-state index contributed by atoms with van der Waals surface area (Å²) in [5.41, 5.74) is 0.968. The van der Waals surface area contributed by atoms with Crippen molar-refractivity contribution in [3.05, 3.63) is 45.7 Å². The first-order valence-corrected chi connectivity index (χ1v) is 5.00. The van der Waals surface area contributed by atoms with Gasteiger partial charge < -0.3 is 0 Å². The minimum atomic E-state index is 0.516. The quantitative estimate of drug-likeness (QED) is 0.750. The predicted molar refractivity (Wildman–Crippen MR) is 54.5 cm³/mol. The topological polar surface area (TPSA) is 28.8 Å². The van der Waals surface area contributed by atoms with Crippen LogP contribution >= 0.6 is 22.9 Å². The Bertz CT molecular complexity index is 455. The van der Waals surface area contributed by atoms with Crippen molar-refractivity contribution in [2.24, 2.45) is 0 Å². The number of aromatic nitrogens is 1. The molecule has 1 heterocycles. The zero-order valence-electron chi connectivity index (χ0n) is 6.70. The molecule has 2 rings (SSSR count). The molecule has 1 aromatic heterocycles. The lowest BCUT2D eigenvalue weighted by Gasteiger charge is -2.00. The highest BCUT2D eigenvalue weighted by Crippen LogP contribution is 2.12. The maximum Gasteiger partial charge on any atom is 0.186 e. The van der Waals surface area contributed by atoms with E-state index in [-0.39, 0.29) is 0 Å². The van der Waals surface area contributed by atoms with E-state index in [0.29, 0.717) is 9.82 Å². The van der Waals surface area contributed by atoms with Crippen molar-refractivity contribution in [1.82, 2.24) is 4.57 Å². The van der Waals surface area contributed by atoms with E-state index in [4.69, 9.17) is 17.0 Å². The Labute approximate surface area is 84.5 Å². The molecule has 0 spiro atoms. The molecule has 13 heavy (non-hydrogen) atoms. The van der Waals surface area contributed by atoms with E-state index in [1.807, 2.05) is 35.8 Å². The molecule has 66 valence electrons. The second kappa shape index (κ2) is 3.36. The lowest BCUT2D eigenvalue weighted by molar-refractivity contribution is 0.979. The summed E-state index contributed by atoms with van der Waals surface area (Å²) in [5.74, 6) is 0. The van der Waals surface area contributed by atoms with E-state index >= 15 is 0 Å². The minimum absolute atomic E-state index is 0.516. The molecule has 2 nitrogen and oxygen atoms in total. The summed E-state index contributed by atoms with van der Waals surface area (Å²) in [6, 6.07) is 7.43. The number of hydrogen-bond acceptors (Lipinski definition) is 2. The van der Waals surface area contributed by atoms with Crippen LogP contribution in [0.2, 0.25) is 5.02 Å². The molecule has 0 fully saturated rings. The van der Waals surface area contributed by atoms with Crippen LogP contribution in [-0.2, 0) is 0 Å². The smallest absolute Gasteiger partial charge is 0.186 e. The van der Waals surface area contributed by atoms with Crippen molar-refractivity contribution in [2.45, 2.75) is 0 Å². The lowest BCUT2D eigenvalue weighted by atomic mass is 10.3. The van der Waals surface area contributed by atoms with Gasteiger partial charge >= 0.3 is 0 Å². The molecule has 0 saturated heterocycles. The van der Waals surface area contributed by atoms with Gasteiger partial charge in [0.15, 0.2) is 4.80 Å². The van der Waals surface area contributed by atoms with Gasteiger partial charge in [0.2, 0.25) is 0 Å². The summed E-state index contributed by atoms with van der Waals surface area (Å²) in [4.78, 5) is 0.516. The van der Waals surface area contributed by atoms with Gasteiger partial charge in [0, 0.05) is 22.3 Å². The molecule has 2 aromatic rings. The number of nitrogens with zero attached hydrogens (tertiary/aromatic N) is 1. The average Bonchev–Trinajstić information content (AvgIpc) is 2.53. The van der Waals surface area contributed by atoms with Crippen LogP contribution in [-0.4, -0.2) is 4.57 Å². The summed E-state index contributed by atoms with van der Waals surface area (Å²) < 4.78 is 1.81. The summed E-state index contributed by atoms with van der Waals surface area (Å²) in [6.45, 7) is 0. The van der Waals surface area contributed by atoms with Gasteiger partial charge in [-0.2, -0.15) is 0 Å². The molecule has 1 N–H and O–H groups in total. The van der Waals surface area contributed by atoms with Crippen LogP contribution in [0.5, 0.6) is 0 Å². The van der Waals surface area contributed by atoms with E-state index < -0.39 is 0 Å².